The molecule has 186 valence electrons. The first-order chi connectivity index (χ1) is 15.5. The lowest BCUT2D eigenvalue weighted by Crippen LogP contribution is -2.47. The highest BCUT2D eigenvalue weighted by molar-refractivity contribution is 5.85. The van der Waals surface area contributed by atoms with Crippen LogP contribution >= 0.6 is 0 Å². The molecule has 0 aliphatic carbocycles. The molecule has 1 atom stereocenters. The van der Waals surface area contributed by atoms with Crippen molar-refractivity contribution in [3.05, 3.63) is 35.4 Å². The Balaban J connectivity index is 0. The zero-order valence-electron chi connectivity index (χ0n) is 19.5. The molecular formula is C22H35N3O8. The third-order valence-corrected chi connectivity index (χ3v) is 3.83. The van der Waals surface area contributed by atoms with Gasteiger partial charge in [0, 0.05) is 19.4 Å². The monoisotopic (exact) mass is 469 g/mol. The number of carboxylic acid groups (broad SMARTS) is 3. The van der Waals surface area contributed by atoms with Gasteiger partial charge in [-0.25, -0.2) is 9.59 Å². The van der Waals surface area contributed by atoms with Crippen molar-refractivity contribution >= 4 is 29.8 Å². The predicted octanol–water partition coefficient (Wildman–Crippen LogP) is 1.78. The van der Waals surface area contributed by atoms with Gasteiger partial charge in [-0.1, -0.05) is 50.6 Å². The average Bonchev–Trinajstić information content (AvgIpc) is 2.77. The molecule has 1 aromatic carbocycles. The summed E-state index contributed by atoms with van der Waals surface area (Å²) < 4.78 is 0. The Hall–Kier alpha value is -3.63. The molecule has 11 nitrogen and oxygen atoms in total. The molecule has 0 bridgehead atoms. The molecular weight excluding hydrogens is 434 g/mol. The number of carbonyl (C=O) groups excluding carboxylic acids is 2. The largest absolute Gasteiger partial charge is 0.481 e. The van der Waals surface area contributed by atoms with Gasteiger partial charge in [-0.3, -0.25) is 14.4 Å². The number of carboxylic acids is 3. The van der Waals surface area contributed by atoms with Crippen LogP contribution in [0.5, 0.6) is 0 Å². The average molecular weight is 470 g/mol. The maximum absolute atomic E-state index is 11.0. The maximum atomic E-state index is 11.0. The fourth-order valence-electron chi connectivity index (χ4n) is 2.12. The minimum atomic E-state index is -1.39. The molecule has 0 fully saturated rings. The first-order valence-corrected chi connectivity index (χ1v) is 10.6. The lowest BCUT2D eigenvalue weighted by atomic mass is 10.1. The summed E-state index contributed by atoms with van der Waals surface area (Å²) in [6.07, 6.45) is 0.765. The summed E-state index contributed by atoms with van der Waals surface area (Å²) in [7, 11) is 0. The number of aryl methyl sites for hydroxylation is 1. The lowest BCUT2D eigenvalue weighted by molar-refractivity contribution is -0.140. The van der Waals surface area contributed by atoms with Crippen LogP contribution in [0.25, 0.3) is 0 Å². The number of aliphatic carboxylic acids is 3. The van der Waals surface area contributed by atoms with Gasteiger partial charge in [0.1, 0.15) is 12.6 Å². The van der Waals surface area contributed by atoms with Gasteiger partial charge in [0.25, 0.3) is 0 Å². The van der Waals surface area contributed by atoms with E-state index in [4.69, 9.17) is 15.3 Å². The number of nitrogens with one attached hydrogen (secondary N) is 3. The molecule has 0 radical (unpaired) electrons. The zero-order valence-corrected chi connectivity index (χ0v) is 19.5. The minimum Gasteiger partial charge on any atom is -0.481 e. The third kappa shape index (κ3) is 18.8. The second-order valence-corrected chi connectivity index (χ2v) is 6.48. The first-order valence-electron chi connectivity index (χ1n) is 10.6. The first kappa shape index (κ1) is 31.6. The fraction of sp³-hybridized carbons (Fsp3) is 0.500. The van der Waals surface area contributed by atoms with Gasteiger partial charge in [-0.2, -0.15) is 0 Å². The molecule has 0 aliphatic heterocycles. The Morgan fingerprint density at radius 2 is 1.48 bits per heavy atom. The number of carbonyl (C=O) groups is 5. The van der Waals surface area contributed by atoms with Crippen molar-refractivity contribution in [2.24, 2.45) is 0 Å². The van der Waals surface area contributed by atoms with Crippen molar-refractivity contribution in [3.63, 3.8) is 0 Å². The predicted molar refractivity (Wildman–Crippen MR) is 122 cm³/mol. The Morgan fingerprint density at radius 1 is 0.909 bits per heavy atom. The van der Waals surface area contributed by atoms with E-state index in [2.05, 4.69) is 36.5 Å². The van der Waals surface area contributed by atoms with Crippen molar-refractivity contribution in [3.8, 4) is 0 Å². The molecule has 1 unspecified atom stereocenters. The van der Waals surface area contributed by atoms with Crippen LogP contribution in [0, 0.1) is 6.92 Å². The molecule has 0 saturated heterocycles. The van der Waals surface area contributed by atoms with Gasteiger partial charge in [0.15, 0.2) is 0 Å². The Labute approximate surface area is 193 Å². The second-order valence-electron chi connectivity index (χ2n) is 6.48. The van der Waals surface area contributed by atoms with E-state index in [1.165, 1.54) is 11.1 Å². The molecule has 1 aromatic rings. The quantitative estimate of drug-likeness (QED) is 0.283. The summed E-state index contributed by atoms with van der Waals surface area (Å²) in [5.41, 5.74) is 2.54. The van der Waals surface area contributed by atoms with E-state index < -0.39 is 42.9 Å². The normalized spacial score (nSPS) is 10.2. The van der Waals surface area contributed by atoms with E-state index in [1.807, 2.05) is 31.4 Å². The summed E-state index contributed by atoms with van der Waals surface area (Å²) in [5, 5.41) is 32.0. The summed E-state index contributed by atoms with van der Waals surface area (Å²) in [5.74, 6) is -3.74. The molecule has 0 spiro atoms. The van der Waals surface area contributed by atoms with Gasteiger partial charge < -0.3 is 31.3 Å². The smallest absolute Gasteiger partial charge is 0.326 e. The molecule has 6 N–H and O–H groups in total. The van der Waals surface area contributed by atoms with Crippen molar-refractivity contribution in [1.82, 2.24) is 16.0 Å². The number of hydrogen-bond donors (Lipinski definition) is 6. The summed E-state index contributed by atoms with van der Waals surface area (Å²) in [6.45, 7) is 8.01. The highest BCUT2D eigenvalue weighted by Crippen LogP contribution is 2.03. The Kier molecular flexibility index (Phi) is 18.2. The number of hydrogen-bond acceptors (Lipinski definition) is 5. The van der Waals surface area contributed by atoms with Gasteiger partial charge in [0.2, 0.25) is 5.91 Å². The molecule has 0 heterocycles. The van der Waals surface area contributed by atoms with Crippen molar-refractivity contribution in [2.45, 2.75) is 59.4 Å². The number of benzene rings is 1. The van der Waals surface area contributed by atoms with E-state index in [0.29, 0.717) is 6.42 Å². The van der Waals surface area contributed by atoms with Crippen LogP contribution in [0.4, 0.5) is 4.79 Å². The van der Waals surface area contributed by atoms with E-state index in [9.17, 15) is 24.0 Å². The van der Waals surface area contributed by atoms with Crippen LogP contribution < -0.4 is 16.0 Å². The summed E-state index contributed by atoms with van der Waals surface area (Å²) in [4.78, 5) is 52.9. The van der Waals surface area contributed by atoms with Crippen LogP contribution in [0.1, 0.15) is 51.2 Å². The zero-order chi connectivity index (χ0) is 25.8. The van der Waals surface area contributed by atoms with E-state index in [-0.39, 0.29) is 12.3 Å². The molecule has 0 aromatic heterocycles. The van der Waals surface area contributed by atoms with Crippen molar-refractivity contribution in [2.75, 3.05) is 13.1 Å². The van der Waals surface area contributed by atoms with Crippen LogP contribution in [0.3, 0.4) is 0 Å². The van der Waals surface area contributed by atoms with Crippen LogP contribution in [0.2, 0.25) is 0 Å². The fourth-order valence-corrected chi connectivity index (χ4v) is 2.12. The van der Waals surface area contributed by atoms with Gasteiger partial charge in [-0.15, -0.1) is 0 Å². The second kappa shape index (κ2) is 19.1. The third-order valence-electron chi connectivity index (χ3n) is 3.83. The topological polar surface area (TPSA) is 182 Å². The van der Waals surface area contributed by atoms with Crippen molar-refractivity contribution in [1.29, 1.82) is 0 Å². The highest BCUT2D eigenvalue weighted by atomic mass is 16.4. The van der Waals surface area contributed by atoms with E-state index in [1.54, 1.807) is 0 Å². The molecule has 11 heteroatoms. The number of urea groups is 1. The van der Waals surface area contributed by atoms with Gasteiger partial charge in [0.05, 0.1) is 0 Å². The number of amides is 3. The van der Waals surface area contributed by atoms with Gasteiger partial charge in [-0.05, 0) is 25.3 Å². The standard InChI is InChI=1S/C12H17NO.C8H12N2O7.C2H6/c1-3-12(14)13-9-8-11-6-4-10(2)5-7-11;11-5(12)2-1-4(7(15)16)10-8(17)9-3-6(13)14;1-2/h4-7H,3,8-9H2,1-2H3,(H,13,14);4H,1-3H2,(H,11,12)(H,13,14)(H,15,16)(H2,9,10,17);1-2H3. The molecule has 1 rings (SSSR count). The Bertz CT molecular complexity index is 751. The van der Waals surface area contributed by atoms with E-state index in [0.717, 1.165) is 13.0 Å². The van der Waals surface area contributed by atoms with E-state index >= 15 is 0 Å². The summed E-state index contributed by atoms with van der Waals surface area (Å²) in [6, 6.07) is 6.04. The molecule has 33 heavy (non-hydrogen) atoms. The Morgan fingerprint density at radius 3 is 1.94 bits per heavy atom. The van der Waals surface area contributed by atoms with Gasteiger partial charge >= 0.3 is 23.9 Å². The van der Waals surface area contributed by atoms with Crippen LogP contribution in [-0.2, 0) is 25.6 Å². The summed E-state index contributed by atoms with van der Waals surface area (Å²) >= 11 is 0. The van der Waals surface area contributed by atoms with Crippen molar-refractivity contribution < 1.29 is 39.3 Å². The molecule has 3 amide bonds. The number of rotatable bonds is 11. The minimum absolute atomic E-state index is 0.122. The van der Waals surface area contributed by atoms with Crippen LogP contribution in [0.15, 0.2) is 24.3 Å². The molecule has 0 aliphatic rings. The van der Waals surface area contributed by atoms with Crippen LogP contribution in [-0.4, -0.2) is 64.3 Å². The lowest BCUT2D eigenvalue weighted by Gasteiger charge is -2.13. The molecule has 0 saturated carbocycles. The highest BCUT2D eigenvalue weighted by Gasteiger charge is 2.20. The maximum Gasteiger partial charge on any atom is 0.326 e. The SMILES string of the molecule is CC.CCC(=O)NCCc1ccc(C)cc1.O=C(O)CCC(NC(=O)NCC(=O)O)C(=O)O.